The summed E-state index contributed by atoms with van der Waals surface area (Å²) in [4.78, 5) is 17.4. The molecule has 1 amide bonds. The molecule has 1 aliphatic rings. The van der Waals surface area contributed by atoms with E-state index in [1.807, 2.05) is 36.4 Å². The maximum atomic E-state index is 12.8. The van der Waals surface area contributed by atoms with E-state index in [2.05, 4.69) is 22.4 Å². The topological polar surface area (TPSA) is 67.5 Å². The molecule has 0 radical (unpaired) electrons. The van der Waals surface area contributed by atoms with Crippen LogP contribution in [0.3, 0.4) is 0 Å². The number of hydrogen-bond donors (Lipinski definition) is 1. The SMILES string of the molecule is CCC1CCC(=NNC(=O)c2cc(-c3ccco3)nc3ccccc23)C1. The highest BCUT2D eigenvalue weighted by Crippen LogP contribution is 2.26. The van der Waals surface area contributed by atoms with Crippen molar-refractivity contribution >= 4 is 22.5 Å². The van der Waals surface area contributed by atoms with E-state index in [4.69, 9.17) is 4.42 Å². The highest BCUT2D eigenvalue weighted by atomic mass is 16.3. The molecule has 1 unspecified atom stereocenters. The van der Waals surface area contributed by atoms with Gasteiger partial charge >= 0.3 is 0 Å². The molecule has 1 atom stereocenters. The summed E-state index contributed by atoms with van der Waals surface area (Å²) in [6.07, 6.45) is 5.86. The van der Waals surface area contributed by atoms with Crippen molar-refractivity contribution in [3.63, 3.8) is 0 Å². The Bertz CT molecular complexity index is 961. The Balaban J connectivity index is 1.66. The van der Waals surface area contributed by atoms with Gasteiger partial charge in [0, 0.05) is 11.1 Å². The lowest BCUT2D eigenvalue weighted by atomic mass is 10.1. The van der Waals surface area contributed by atoms with Crippen LogP contribution < -0.4 is 5.43 Å². The summed E-state index contributed by atoms with van der Waals surface area (Å²) in [6, 6.07) is 13.0. The smallest absolute Gasteiger partial charge is 0.272 e. The van der Waals surface area contributed by atoms with E-state index in [0.29, 0.717) is 22.9 Å². The number of benzene rings is 1. The fourth-order valence-electron chi connectivity index (χ4n) is 3.46. The van der Waals surface area contributed by atoms with Crippen molar-refractivity contribution in [2.45, 2.75) is 32.6 Å². The second kappa shape index (κ2) is 7.12. The molecule has 1 aliphatic carbocycles. The predicted octanol–water partition coefficient (Wildman–Crippen LogP) is 4.79. The minimum atomic E-state index is -0.219. The lowest BCUT2D eigenvalue weighted by molar-refractivity contribution is 0.0956. The first-order valence-electron chi connectivity index (χ1n) is 9.04. The summed E-state index contributed by atoms with van der Waals surface area (Å²) in [5, 5.41) is 5.17. The normalized spacial score (nSPS) is 18.5. The number of fused-ring (bicyclic) bond motifs is 1. The number of furan rings is 1. The minimum Gasteiger partial charge on any atom is -0.463 e. The van der Waals surface area contributed by atoms with E-state index in [-0.39, 0.29) is 5.91 Å². The molecule has 132 valence electrons. The number of para-hydroxylation sites is 1. The van der Waals surface area contributed by atoms with Crippen LogP contribution in [-0.2, 0) is 0 Å². The van der Waals surface area contributed by atoms with Crippen LogP contribution in [-0.4, -0.2) is 16.6 Å². The number of hydrogen-bond acceptors (Lipinski definition) is 4. The summed E-state index contributed by atoms with van der Waals surface area (Å²) < 4.78 is 5.45. The number of nitrogens with one attached hydrogen (secondary N) is 1. The highest BCUT2D eigenvalue weighted by molar-refractivity contribution is 6.07. The van der Waals surface area contributed by atoms with Crippen molar-refractivity contribution in [3.8, 4) is 11.5 Å². The van der Waals surface area contributed by atoms with Crippen LogP contribution in [0.25, 0.3) is 22.4 Å². The third kappa shape index (κ3) is 3.25. The summed E-state index contributed by atoms with van der Waals surface area (Å²) in [5.41, 5.74) is 5.76. The zero-order valence-electron chi connectivity index (χ0n) is 14.7. The van der Waals surface area contributed by atoms with Gasteiger partial charge in [-0.3, -0.25) is 4.79 Å². The second-order valence-electron chi connectivity index (χ2n) is 6.69. The molecular formula is C21H21N3O2. The summed E-state index contributed by atoms with van der Waals surface area (Å²) in [5.74, 6) is 1.11. The van der Waals surface area contributed by atoms with Crippen molar-refractivity contribution in [2.24, 2.45) is 11.0 Å². The van der Waals surface area contributed by atoms with Gasteiger partial charge in [-0.15, -0.1) is 0 Å². The van der Waals surface area contributed by atoms with E-state index in [1.165, 1.54) is 0 Å². The predicted molar refractivity (Wildman–Crippen MR) is 102 cm³/mol. The first kappa shape index (κ1) is 16.5. The van der Waals surface area contributed by atoms with E-state index in [0.717, 1.165) is 42.3 Å². The lowest BCUT2D eigenvalue weighted by Crippen LogP contribution is -2.20. The van der Waals surface area contributed by atoms with Crippen molar-refractivity contribution in [2.75, 3.05) is 0 Å². The quantitative estimate of drug-likeness (QED) is 0.690. The largest absolute Gasteiger partial charge is 0.463 e. The van der Waals surface area contributed by atoms with Crippen LogP contribution in [0.5, 0.6) is 0 Å². The van der Waals surface area contributed by atoms with Crippen LogP contribution in [0, 0.1) is 5.92 Å². The molecular weight excluding hydrogens is 326 g/mol. The van der Waals surface area contributed by atoms with Crippen LogP contribution in [0.15, 0.2) is 58.2 Å². The molecule has 2 heterocycles. The van der Waals surface area contributed by atoms with E-state index in [9.17, 15) is 4.79 Å². The molecule has 2 aromatic heterocycles. The zero-order chi connectivity index (χ0) is 17.9. The fraction of sp³-hybridized carbons (Fsp3) is 0.286. The van der Waals surface area contributed by atoms with Crippen LogP contribution in [0.2, 0.25) is 0 Å². The van der Waals surface area contributed by atoms with Gasteiger partial charge in [0.2, 0.25) is 0 Å². The number of aromatic nitrogens is 1. The molecule has 1 N–H and O–H groups in total. The lowest BCUT2D eigenvalue weighted by Gasteiger charge is -2.08. The Morgan fingerprint density at radius 2 is 2.19 bits per heavy atom. The fourth-order valence-corrected chi connectivity index (χ4v) is 3.46. The van der Waals surface area contributed by atoms with Gasteiger partial charge in [0.25, 0.3) is 5.91 Å². The molecule has 26 heavy (non-hydrogen) atoms. The van der Waals surface area contributed by atoms with Gasteiger partial charge in [-0.2, -0.15) is 5.10 Å². The first-order chi connectivity index (χ1) is 12.7. The zero-order valence-corrected chi connectivity index (χ0v) is 14.7. The van der Waals surface area contributed by atoms with Crippen LogP contribution >= 0.6 is 0 Å². The Morgan fingerprint density at radius 1 is 1.31 bits per heavy atom. The van der Waals surface area contributed by atoms with E-state index >= 15 is 0 Å². The summed E-state index contributed by atoms with van der Waals surface area (Å²) >= 11 is 0. The van der Waals surface area contributed by atoms with Gasteiger partial charge in [-0.1, -0.05) is 31.5 Å². The Morgan fingerprint density at radius 3 is 2.96 bits per heavy atom. The van der Waals surface area contributed by atoms with Crippen LogP contribution in [0.4, 0.5) is 0 Å². The first-order valence-corrected chi connectivity index (χ1v) is 9.04. The molecule has 0 spiro atoms. The molecule has 5 heteroatoms. The standard InChI is InChI=1S/C21H21N3O2/c1-2-14-9-10-15(12-14)23-24-21(25)17-13-19(20-8-5-11-26-20)22-18-7-4-3-6-16(17)18/h3-8,11,13-14H,2,9-10,12H2,1H3,(H,24,25). The average Bonchev–Trinajstić information content (AvgIpc) is 3.37. The third-order valence-corrected chi connectivity index (χ3v) is 4.99. The van der Waals surface area contributed by atoms with Crippen molar-refractivity contribution in [1.82, 2.24) is 10.4 Å². The van der Waals surface area contributed by atoms with Gasteiger partial charge < -0.3 is 4.42 Å². The van der Waals surface area contributed by atoms with Crippen molar-refractivity contribution < 1.29 is 9.21 Å². The maximum absolute atomic E-state index is 12.8. The summed E-state index contributed by atoms with van der Waals surface area (Å²) in [7, 11) is 0. The second-order valence-corrected chi connectivity index (χ2v) is 6.69. The van der Waals surface area contributed by atoms with Gasteiger partial charge in [0.1, 0.15) is 5.69 Å². The number of carbonyl (C=O) groups is 1. The molecule has 1 fully saturated rings. The molecule has 1 saturated carbocycles. The molecule has 1 aromatic carbocycles. The molecule has 3 aromatic rings. The summed E-state index contributed by atoms with van der Waals surface area (Å²) in [6.45, 7) is 2.20. The molecule has 0 bridgehead atoms. The van der Waals surface area contributed by atoms with Gasteiger partial charge in [0.15, 0.2) is 5.76 Å². The molecule has 0 saturated heterocycles. The van der Waals surface area contributed by atoms with Crippen LogP contribution in [0.1, 0.15) is 43.0 Å². The molecule has 4 rings (SSSR count). The third-order valence-electron chi connectivity index (χ3n) is 4.99. The number of amides is 1. The number of nitrogens with zero attached hydrogens (tertiary/aromatic N) is 2. The van der Waals surface area contributed by atoms with E-state index in [1.54, 1.807) is 12.3 Å². The van der Waals surface area contributed by atoms with Crippen molar-refractivity contribution in [3.05, 3.63) is 54.3 Å². The van der Waals surface area contributed by atoms with Gasteiger partial charge in [-0.25, -0.2) is 10.4 Å². The van der Waals surface area contributed by atoms with Gasteiger partial charge in [0.05, 0.1) is 17.3 Å². The molecule has 5 nitrogen and oxygen atoms in total. The highest BCUT2D eigenvalue weighted by Gasteiger charge is 2.20. The van der Waals surface area contributed by atoms with Crippen molar-refractivity contribution in [1.29, 1.82) is 0 Å². The number of hydrazone groups is 1. The Labute approximate surface area is 152 Å². The average molecular weight is 347 g/mol. The van der Waals surface area contributed by atoms with Gasteiger partial charge in [-0.05, 0) is 49.4 Å². The number of rotatable bonds is 4. The maximum Gasteiger partial charge on any atom is 0.272 e. The van der Waals surface area contributed by atoms with E-state index < -0.39 is 0 Å². The number of pyridine rings is 1. The Kier molecular flexibility index (Phi) is 4.52. The molecule has 0 aliphatic heterocycles. The Hall–Kier alpha value is -2.95. The minimum absolute atomic E-state index is 0.219. The monoisotopic (exact) mass is 347 g/mol. The number of carbonyl (C=O) groups excluding carboxylic acids is 1.